The lowest BCUT2D eigenvalue weighted by molar-refractivity contribution is -0.114. The van der Waals surface area contributed by atoms with Gasteiger partial charge in [0, 0.05) is 23.9 Å². The lowest BCUT2D eigenvalue weighted by Crippen LogP contribution is -2.10. The van der Waals surface area contributed by atoms with Gasteiger partial charge < -0.3 is 15.4 Å². The molecule has 0 spiro atoms. The van der Waals surface area contributed by atoms with Crippen molar-refractivity contribution >= 4 is 34.5 Å². The standard InChI is InChI=1S/C22H22N2O3S/c1-14-4-9-20(15(2)10-14)27-12-17-11-21(28-13-17)22(26)24-19-7-5-18(6-8-19)23-16(3)25/h4-11,13H,12H2,1-3H3,(H,23,25)(H,24,26). The van der Waals surface area contributed by atoms with Gasteiger partial charge in [-0.25, -0.2) is 0 Å². The molecule has 144 valence electrons. The van der Waals surface area contributed by atoms with Gasteiger partial charge in [-0.15, -0.1) is 11.3 Å². The van der Waals surface area contributed by atoms with E-state index in [9.17, 15) is 9.59 Å². The van der Waals surface area contributed by atoms with Crippen molar-refractivity contribution in [2.24, 2.45) is 0 Å². The van der Waals surface area contributed by atoms with Crippen LogP contribution in [0.1, 0.15) is 33.3 Å². The Bertz CT molecular complexity index is 993. The van der Waals surface area contributed by atoms with Gasteiger partial charge in [-0.05, 0) is 61.2 Å². The fraction of sp³-hybridized carbons (Fsp3) is 0.182. The van der Waals surface area contributed by atoms with Gasteiger partial charge in [0.25, 0.3) is 5.91 Å². The fourth-order valence-corrected chi connectivity index (χ4v) is 3.52. The van der Waals surface area contributed by atoms with Crippen LogP contribution in [-0.2, 0) is 11.4 Å². The Morgan fingerprint density at radius 1 is 0.964 bits per heavy atom. The summed E-state index contributed by atoms with van der Waals surface area (Å²) in [6.07, 6.45) is 0. The Morgan fingerprint density at radius 3 is 2.29 bits per heavy atom. The predicted octanol–water partition coefficient (Wildman–Crippen LogP) is 5.15. The number of carbonyl (C=O) groups is 2. The van der Waals surface area contributed by atoms with Gasteiger partial charge in [0.05, 0.1) is 4.88 Å². The third-order valence-corrected chi connectivity index (χ3v) is 5.04. The average molecular weight is 394 g/mol. The molecule has 1 heterocycles. The Labute approximate surface area is 168 Å². The highest BCUT2D eigenvalue weighted by Gasteiger charge is 2.11. The maximum Gasteiger partial charge on any atom is 0.265 e. The van der Waals surface area contributed by atoms with E-state index in [0.717, 1.165) is 16.9 Å². The van der Waals surface area contributed by atoms with E-state index in [-0.39, 0.29) is 11.8 Å². The molecule has 0 fully saturated rings. The number of hydrogen-bond acceptors (Lipinski definition) is 4. The second kappa shape index (κ2) is 8.71. The van der Waals surface area contributed by atoms with E-state index in [0.29, 0.717) is 22.9 Å². The number of hydrogen-bond donors (Lipinski definition) is 2. The van der Waals surface area contributed by atoms with Gasteiger partial charge >= 0.3 is 0 Å². The largest absolute Gasteiger partial charge is 0.489 e. The zero-order chi connectivity index (χ0) is 20.1. The van der Waals surface area contributed by atoms with Crippen molar-refractivity contribution in [2.75, 3.05) is 10.6 Å². The average Bonchev–Trinajstić information content (AvgIpc) is 3.11. The molecule has 3 rings (SSSR count). The van der Waals surface area contributed by atoms with Crippen molar-refractivity contribution in [3.05, 3.63) is 75.5 Å². The summed E-state index contributed by atoms with van der Waals surface area (Å²) in [4.78, 5) is 24.1. The summed E-state index contributed by atoms with van der Waals surface area (Å²) in [5.74, 6) is 0.544. The molecule has 0 bridgehead atoms. The van der Waals surface area contributed by atoms with Crippen molar-refractivity contribution in [1.29, 1.82) is 0 Å². The number of aryl methyl sites for hydroxylation is 2. The molecule has 0 radical (unpaired) electrons. The summed E-state index contributed by atoms with van der Waals surface area (Å²) >= 11 is 1.38. The van der Waals surface area contributed by atoms with Gasteiger partial charge in [0.15, 0.2) is 0 Å². The molecule has 0 aliphatic carbocycles. The molecule has 3 aromatic rings. The first-order chi connectivity index (χ1) is 13.4. The first kappa shape index (κ1) is 19.6. The Balaban J connectivity index is 1.58. The molecule has 0 atom stereocenters. The topological polar surface area (TPSA) is 67.4 Å². The minimum absolute atomic E-state index is 0.133. The van der Waals surface area contributed by atoms with Gasteiger partial charge in [-0.3, -0.25) is 9.59 Å². The van der Waals surface area contributed by atoms with Crippen molar-refractivity contribution < 1.29 is 14.3 Å². The van der Waals surface area contributed by atoms with Crippen LogP contribution in [0.15, 0.2) is 53.9 Å². The molecule has 5 nitrogen and oxygen atoms in total. The maximum atomic E-state index is 12.4. The van der Waals surface area contributed by atoms with Gasteiger partial charge in [0.2, 0.25) is 5.91 Å². The zero-order valence-corrected chi connectivity index (χ0v) is 16.9. The zero-order valence-electron chi connectivity index (χ0n) is 16.0. The number of ether oxygens (including phenoxy) is 1. The summed E-state index contributed by atoms with van der Waals surface area (Å²) in [5, 5.41) is 7.48. The maximum absolute atomic E-state index is 12.4. The Morgan fingerprint density at radius 2 is 1.64 bits per heavy atom. The molecule has 0 aliphatic heterocycles. The predicted molar refractivity (Wildman–Crippen MR) is 113 cm³/mol. The van der Waals surface area contributed by atoms with Crippen LogP contribution in [0.2, 0.25) is 0 Å². The quantitative estimate of drug-likeness (QED) is 0.607. The number of rotatable bonds is 6. The monoisotopic (exact) mass is 394 g/mol. The van der Waals surface area contributed by atoms with E-state index in [4.69, 9.17) is 4.74 Å². The molecule has 2 aromatic carbocycles. The molecule has 6 heteroatoms. The van der Waals surface area contributed by atoms with Gasteiger partial charge in [0.1, 0.15) is 12.4 Å². The highest BCUT2D eigenvalue weighted by atomic mass is 32.1. The molecule has 0 saturated carbocycles. The summed E-state index contributed by atoms with van der Waals surface area (Å²) in [6.45, 7) is 5.94. The third-order valence-electron chi connectivity index (χ3n) is 4.07. The summed E-state index contributed by atoms with van der Waals surface area (Å²) < 4.78 is 5.87. The van der Waals surface area contributed by atoms with Gasteiger partial charge in [-0.1, -0.05) is 17.7 Å². The van der Waals surface area contributed by atoms with Crippen LogP contribution in [-0.4, -0.2) is 11.8 Å². The first-order valence-corrected chi connectivity index (χ1v) is 9.75. The van der Waals surface area contributed by atoms with Crippen LogP contribution in [0.5, 0.6) is 5.75 Å². The summed E-state index contributed by atoms with van der Waals surface area (Å²) in [7, 11) is 0. The summed E-state index contributed by atoms with van der Waals surface area (Å²) in [5.41, 5.74) is 4.60. The number of amides is 2. The fourth-order valence-electron chi connectivity index (χ4n) is 2.73. The van der Waals surface area contributed by atoms with E-state index >= 15 is 0 Å². The van der Waals surface area contributed by atoms with Crippen molar-refractivity contribution in [3.63, 3.8) is 0 Å². The van der Waals surface area contributed by atoms with Crippen LogP contribution >= 0.6 is 11.3 Å². The lowest BCUT2D eigenvalue weighted by Gasteiger charge is -2.08. The van der Waals surface area contributed by atoms with E-state index in [1.165, 1.54) is 23.8 Å². The lowest BCUT2D eigenvalue weighted by atomic mass is 10.1. The number of anilines is 2. The van der Waals surface area contributed by atoms with Crippen molar-refractivity contribution in [1.82, 2.24) is 0 Å². The van der Waals surface area contributed by atoms with E-state index in [1.54, 1.807) is 24.3 Å². The van der Waals surface area contributed by atoms with Gasteiger partial charge in [-0.2, -0.15) is 0 Å². The second-order valence-corrected chi connectivity index (χ2v) is 7.50. The molecule has 0 saturated heterocycles. The minimum atomic E-state index is -0.171. The molecule has 28 heavy (non-hydrogen) atoms. The smallest absolute Gasteiger partial charge is 0.265 e. The van der Waals surface area contributed by atoms with Crippen molar-refractivity contribution in [3.8, 4) is 5.75 Å². The molecule has 0 unspecified atom stereocenters. The third kappa shape index (κ3) is 5.20. The highest BCUT2D eigenvalue weighted by Crippen LogP contribution is 2.23. The van der Waals surface area contributed by atoms with Crippen LogP contribution in [0.3, 0.4) is 0 Å². The van der Waals surface area contributed by atoms with E-state index in [2.05, 4.69) is 16.7 Å². The highest BCUT2D eigenvalue weighted by molar-refractivity contribution is 7.12. The minimum Gasteiger partial charge on any atom is -0.489 e. The van der Waals surface area contributed by atoms with Crippen molar-refractivity contribution in [2.45, 2.75) is 27.4 Å². The summed E-state index contributed by atoms with van der Waals surface area (Å²) in [6, 6.07) is 14.9. The second-order valence-electron chi connectivity index (χ2n) is 6.59. The van der Waals surface area contributed by atoms with E-state index in [1.807, 2.05) is 37.4 Å². The van der Waals surface area contributed by atoms with Crippen LogP contribution in [0.25, 0.3) is 0 Å². The number of nitrogens with one attached hydrogen (secondary N) is 2. The molecular formula is C22H22N2O3S. The SMILES string of the molecule is CC(=O)Nc1ccc(NC(=O)c2cc(COc3ccc(C)cc3C)cs2)cc1. The molecule has 1 aromatic heterocycles. The number of carbonyl (C=O) groups excluding carboxylic acids is 2. The number of thiophene rings is 1. The molecule has 2 amide bonds. The Hall–Kier alpha value is -3.12. The van der Waals surface area contributed by atoms with Crippen LogP contribution in [0, 0.1) is 13.8 Å². The Kier molecular flexibility index (Phi) is 6.11. The normalized spacial score (nSPS) is 10.4. The number of benzene rings is 2. The van der Waals surface area contributed by atoms with Crippen LogP contribution < -0.4 is 15.4 Å². The van der Waals surface area contributed by atoms with Crippen LogP contribution in [0.4, 0.5) is 11.4 Å². The molecule has 2 N–H and O–H groups in total. The van der Waals surface area contributed by atoms with E-state index < -0.39 is 0 Å². The first-order valence-electron chi connectivity index (χ1n) is 8.87. The molecular weight excluding hydrogens is 372 g/mol. The molecule has 0 aliphatic rings.